The number of carbonyl (C=O) groups is 4. The van der Waals surface area contributed by atoms with Crippen molar-refractivity contribution in [1.82, 2.24) is 4.90 Å². The summed E-state index contributed by atoms with van der Waals surface area (Å²) in [5.41, 5.74) is 2.68. The maximum absolute atomic E-state index is 13.5. The van der Waals surface area contributed by atoms with Gasteiger partial charge in [0.25, 0.3) is 12.4 Å². The number of nitrogens with zero attached hydrogens (tertiary/aromatic N) is 2. The number of rotatable bonds is 14. The number of hydrogen-bond donors (Lipinski definition) is 0. The van der Waals surface area contributed by atoms with E-state index in [9.17, 15) is 19.2 Å². The summed E-state index contributed by atoms with van der Waals surface area (Å²) in [7, 11) is 1.50. The Morgan fingerprint density at radius 3 is 2.32 bits per heavy atom. The van der Waals surface area contributed by atoms with Gasteiger partial charge in [-0.3, -0.25) is 9.59 Å². The molecule has 1 aliphatic carbocycles. The van der Waals surface area contributed by atoms with Gasteiger partial charge in [0.1, 0.15) is 12.6 Å². The summed E-state index contributed by atoms with van der Waals surface area (Å²) in [6.45, 7) is 4.72. The van der Waals surface area contributed by atoms with Gasteiger partial charge >= 0.3 is 11.9 Å². The van der Waals surface area contributed by atoms with Gasteiger partial charge in [0.2, 0.25) is 0 Å². The molecule has 2 aromatic rings. The molecule has 1 aliphatic heterocycles. The highest BCUT2D eigenvalue weighted by atomic mass is 16.6. The molecule has 10 nitrogen and oxygen atoms in total. The van der Waals surface area contributed by atoms with E-state index in [0.717, 1.165) is 42.7 Å². The van der Waals surface area contributed by atoms with Crippen LogP contribution in [0, 0.1) is 5.92 Å². The third-order valence-corrected chi connectivity index (χ3v) is 7.42. The molecule has 2 fully saturated rings. The Hall–Kier alpha value is -3.92. The van der Waals surface area contributed by atoms with Gasteiger partial charge in [-0.15, -0.1) is 0 Å². The van der Waals surface area contributed by atoms with Gasteiger partial charge < -0.3 is 28.7 Å². The molecule has 0 radical (unpaired) electrons. The number of likely N-dealkylation sites (N-methyl/N-ethyl adjacent to an activating group) is 1. The first-order chi connectivity index (χ1) is 19.9. The van der Waals surface area contributed by atoms with E-state index in [2.05, 4.69) is 4.90 Å². The number of amides is 1. The van der Waals surface area contributed by atoms with Crippen molar-refractivity contribution in [2.24, 2.45) is 5.92 Å². The Morgan fingerprint density at radius 1 is 1.00 bits per heavy atom. The molecule has 0 N–H and O–H groups in total. The smallest absolute Gasteiger partial charge is 0.347 e. The first-order valence-corrected chi connectivity index (χ1v) is 14.0. The zero-order valence-corrected chi connectivity index (χ0v) is 23.6. The summed E-state index contributed by atoms with van der Waals surface area (Å²) in [6, 6.07) is 16.0. The molecule has 3 atom stereocenters. The van der Waals surface area contributed by atoms with Crippen LogP contribution in [-0.4, -0.2) is 80.8 Å². The normalized spacial score (nSPS) is 17.1. The molecule has 0 aromatic heterocycles. The summed E-state index contributed by atoms with van der Waals surface area (Å²) >= 11 is 0. The van der Waals surface area contributed by atoms with Gasteiger partial charge in [-0.1, -0.05) is 55.3 Å². The molecule has 41 heavy (non-hydrogen) atoms. The largest absolute Gasteiger partial charge is 0.458 e. The Kier molecular flexibility index (Phi) is 10.7. The highest BCUT2D eigenvalue weighted by Crippen LogP contribution is 2.35. The van der Waals surface area contributed by atoms with Crippen molar-refractivity contribution in [1.29, 1.82) is 0 Å². The van der Waals surface area contributed by atoms with Crippen LogP contribution in [0.25, 0.3) is 0 Å². The maximum atomic E-state index is 13.5. The molecule has 2 aliphatic rings. The van der Waals surface area contributed by atoms with Crippen LogP contribution in [0.3, 0.4) is 0 Å². The minimum Gasteiger partial charge on any atom is -0.458 e. The predicted octanol–water partition coefficient (Wildman–Crippen LogP) is 2.91. The van der Waals surface area contributed by atoms with E-state index in [1.165, 1.54) is 18.9 Å². The fourth-order valence-corrected chi connectivity index (χ4v) is 4.75. The van der Waals surface area contributed by atoms with Crippen molar-refractivity contribution < 1.29 is 38.1 Å². The summed E-state index contributed by atoms with van der Waals surface area (Å²) in [5.74, 6) is -1.61. The Bertz CT molecular complexity index is 1160. The molecule has 1 saturated carbocycles. The number of carbonyl (C=O) groups excluding carboxylic acids is 4. The first kappa shape index (κ1) is 30.0. The minimum atomic E-state index is -1.15. The van der Waals surface area contributed by atoms with Crippen LogP contribution >= 0.6 is 0 Å². The van der Waals surface area contributed by atoms with Crippen LogP contribution in [0.5, 0.6) is 0 Å². The van der Waals surface area contributed by atoms with Gasteiger partial charge in [-0.05, 0) is 42.5 Å². The fraction of sp³-hybridized carbons (Fsp3) is 0.484. The number of esters is 2. The molecule has 0 unspecified atom stereocenters. The van der Waals surface area contributed by atoms with Crippen LogP contribution in [0.4, 0.5) is 5.69 Å². The third-order valence-electron chi connectivity index (χ3n) is 7.42. The lowest BCUT2D eigenvalue weighted by Crippen LogP contribution is -2.49. The minimum absolute atomic E-state index is 0.0591. The second-order valence-corrected chi connectivity index (χ2v) is 10.5. The Labute approximate surface area is 240 Å². The summed E-state index contributed by atoms with van der Waals surface area (Å²) in [5, 5.41) is 0. The van der Waals surface area contributed by atoms with Crippen molar-refractivity contribution in [3.8, 4) is 0 Å². The lowest BCUT2D eigenvalue weighted by Gasteiger charge is -2.30. The highest BCUT2D eigenvalue weighted by molar-refractivity contribution is 5.88. The molecule has 220 valence electrons. The van der Waals surface area contributed by atoms with Gasteiger partial charge in [0.05, 0.1) is 13.2 Å². The van der Waals surface area contributed by atoms with Crippen LogP contribution in [0.15, 0.2) is 54.6 Å². The SMILES string of the molecule is C[C@@H](OC(=O)[C@H](CC1CC1)N(C)C(=O)[C@@H](Cc1ccc(N2CCOCC2)cc1)OC=O)C(=O)OCc1ccccc1. The maximum Gasteiger partial charge on any atom is 0.347 e. The molecule has 2 aromatic carbocycles. The Balaban J connectivity index is 1.37. The molecule has 0 bridgehead atoms. The third kappa shape index (κ3) is 8.78. The molecule has 1 heterocycles. The second-order valence-electron chi connectivity index (χ2n) is 10.5. The van der Waals surface area contributed by atoms with Crippen molar-refractivity contribution in [2.75, 3.05) is 38.3 Å². The van der Waals surface area contributed by atoms with Crippen molar-refractivity contribution in [3.63, 3.8) is 0 Å². The number of ether oxygens (including phenoxy) is 4. The van der Waals surface area contributed by atoms with E-state index in [1.807, 2.05) is 54.6 Å². The van der Waals surface area contributed by atoms with Gasteiger partial charge in [-0.25, -0.2) is 9.59 Å². The van der Waals surface area contributed by atoms with E-state index < -0.39 is 36.1 Å². The van der Waals surface area contributed by atoms with Crippen LogP contribution in [0.1, 0.15) is 37.3 Å². The van der Waals surface area contributed by atoms with Crippen LogP contribution in [-0.2, 0) is 51.2 Å². The number of anilines is 1. The first-order valence-electron chi connectivity index (χ1n) is 14.0. The zero-order valence-electron chi connectivity index (χ0n) is 23.6. The van der Waals surface area contributed by atoms with Crippen molar-refractivity contribution in [3.05, 3.63) is 65.7 Å². The monoisotopic (exact) mass is 566 g/mol. The molecular formula is C31H38N2O8. The summed E-state index contributed by atoms with van der Waals surface area (Å²) in [6.07, 6.45) is 0.181. The molecule has 10 heteroatoms. The molecule has 4 rings (SSSR count). The van der Waals surface area contributed by atoms with Gasteiger partial charge in [0, 0.05) is 32.2 Å². The number of morpholine rings is 1. The Morgan fingerprint density at radius 2 is 1.68 bits per heavy atom. The zero-order chi connectivity index (χ0) is 29.2. The topological polar surface area (TPSA) is 112 Å². The summed E-state index contributed by atoms with van der Waals surface area (Å²) < 4.78 is 21.4. The van der Waals surface area contributed by atoms with Gasteiger partial charge in [-0.2, -0.15) is 0 Å². The molecule has 0 spiro atoms. The standard InChI is InChI=1S/C31H38N2O8/c1-22(30(36)39-20-25-6-4-3-5-7-25)41-31(37)27(18-23-8-9-23)32(2)29(35)28(40-21-34)19-24-10-12-26(13-11-24)33-14-16-38-17-15-33/h3-7,10-13,21-23,27-28H,8-9,14-20H2,1-2H3/t22-,27+,28-/m1/s1. The second kappa shape index (κ2) is 14.6. The van der Waals surface area contributed by atoms with E-state index in [4.69, 9.17) is 18.9 Å². The van der Waals surface area contributed by atoms with E-state index in [1.54, 1.807) is 0 Å². The van der Waals surface area contributed by atoms with Crippen molar-refractivity contribution >= 4 is 30.0 Å². The highest BCUT2D eigenvalue weighted by Gasteiger charge is 2.38. The average molecular weight is 567 g/mol. The van der Waals surface area contributed by atoms with Crippen LogP contribution in [0.2, 0.25) is 0 Å². The number of hydrogen-bond acceptors (Lipinski definition) is 9. The van der Waals surface area contributed by atoms with Crippen LogP contribution < -0.4 is 4.90 Å². The lowest BCUT2D eigenvalue weighted by atomic mass is 10.0. The lowest BCUT2D eigenvalue weighted by molar-refractivity contribution is -0.172. The van der Waals surface area contributed by atoms with Gasteiger partial charge in [0.15, 0.2) is 12.2 Å². The fourth-order valence-electron chi connectivity index (χ4n) is 4.75. The van der Waals surface area contributed by atoms with E-state index >= 15 is 0 Å². The molecule has 1 saturated heterocycles. The average Bonchev–Trinajstić information content (AvgIpc) is 3.83. The van der Waals surface area contributed by atoms with E-state index in [0.29, 0.717) is 19.6 Å². The van der Waals surface area contributed by atoms with E-state index in [-0.39, 0.29) is 25.4 Å². The quantitative estimate of drug-likeness (QED) is 0.194. The number of benzene rings is 2. The van der Waals surface area contributed by atoms with Crippen molar-refractivity contribution in [2.45, 2.75) is 57.5 Å². The predicted molar refractivity (Wildman–Crippen MR) is 150 cm³/mol. The molecular weight excluding hydrogens is 528 g/mol. The summed E-state index contributed by atoms with van der Waals surface area (Å²) in [4.78, 5) is 54.0. The molecule has 1 amide bonds.